The van der Waals surface area contributed by atoms with Gasteiger partial charge in [-0.1, -0.05) is 75.4 Å². The number of nitrogen functional groups attached to an aromatic ring is 1. The summed E-state index contributed by atoms with van der Waals surface area (Å²) in [7, 11) is 0. The van der Waals surface area contributed by atoms with Crippen molar-refractivity contribution in [3.63, 3.8) is 0 Å². The van der Waals surface area contributed by atoms with Gasteiger partial charge in [0.1, 0.15) is 22.9 Å². The summed E-state index contributed by atoms with van der Waals surface area (Å²) < 4.78 is 2.05. The highest BCUT2D eigenvalue weighted by molar-refractivity contribution is 5.85. The Morgan fingerprint density at radius 2 is 1.71 bits per heavy atom. The smallest absolute Gasteiger partial charge is 0.222 e. The Balaban J connectivity index is 1.73. The number of carbonyl (C=O) groups excluding carboxylic acids is 1. The predicted octanol–water partition coefficient (Wildman–Crippen LogP) is 5.88. The quantitative estimate of drug-likeness (QED) is 0.332. The van der Waals surface area contributed by atoms with Crippen LogP contribution in [0, 0.1) is 0 Å². The van der Waals surface area contributed by atoms with Crippen LogP contribution < -0.4 is 5.73 Å². The van der Waals surface area contributed by atoms with E-state index in [0.29, 0.717) is 31.2 Å². The fourth-order valence-corrected chi connectivity index (χ4v) is 4.73. The Morgan fingerprint density at radius 3 is 2.34 bits per heavy atom. The maximum Gasteiger partial charge on any atom is 0.222 e. The summed E-state index contributed by atoms with van der Waals surface area (Å²) in [6.45, 7) is 9.61. The number of rotatable bonds is 9. The molecular formula is C29H35N5O. The molecule has 0 unspecified atom stereocenters. The molecule has 0 bridgehead atoms. The van der Waals surface area contributed by atoms with Crippen LogP contribution in [-0.2, 0) is 4.79 Å². The first-order valence-corrected chi connectivity index (χ1v) is 12.5. The molecule has 2 aromatic heterocycles. The van der Waals surface area contributed by atoms with E-state index in [1.807, 2.05) is 31.0 Å². The summed E-state index contributed by atoms with van der Waals surface area (Å²) in [6, 6.07) is 19.1. The number of carbonyl (C=O) groups is 1. The average molecular weight is 470 g/mol. The summed E-state index contributed by atoms with van der Waals surface area (Å²) in [5, 5.41) is 0. The van der Waals surface area contributed by atoms with E-state index in [4.69, 9.17) is 10.7 Å². The molecule has 2 N–H and O–H groups in total. The van der Waals surface area contributed by atoms with E-state index >= 15 is 0 Å². The molecule has 1 amide bonds. The van der Waals surface area contributed by atoms with Gasteiger partial charge in [0.25, 0.3) is 0 Å². The monoisotopic (exact) mass is 469 g/mol. The van der Waals surface area contributed by atoms with Gasteiger partial charge in [0.05, 0.1) is 0 Å². The van der Waals surface area contributed by atoms with Gasteiger partial charge in [-0.2, -0.15) is 0 Å². The Bertz CT molecular complexity index is 1280. The van der Waals surface area contributed by atoms with Crippen LogP contribution in [-0.4, -0.2) is 38.3 Å². The lowest BCUT2D eigenvalue weighted by atomic mass is 9.92. The van der Waals surface area contributed by atoms with Crippen molar-refractivity contribution < 1.29 is 4.79 Å². The molecule has 0 aliphatic heterocycles. The number of hydrogen-bond acceptors (Lipinski definition) is 4. The number of amides is 1. The topological polar surface area (TPSA) is 76.5 Å². The number of nitrogens with zero attached hydrogens (tertiary/aromatic N) is 4. The Morgan fingerprint density at radius 1 is 1.03 bits per heavy atom. The maximum atomic E-state index is 12.4. The summed E-state index contributed by atoms with van der Waals surface area (Å²) in [6.07, 6.45) is 5.00. The van der Waals surface area contributed by atoms with Crippen molar-refractivity contribution in [2.75, 3.05) is 18.8 Å². The summed E-state index contributed by atoms with van der Waals surface area (Å²) in [5.74, 6) is 1.92. The second-order valence-corrected chi connectivity index (χ2v) is 9.00. The van der Waals surface area contributed by atoms with Crippen LogP contribution in [0.3, 0.4) is 0 Å². The SMILES string of the molecule is CCC(=O)N(CC)C[C@@H](CC)c1nc(-c2ccc([C@H](C)c3ccccc3)cc2)c2c(N)nccn12. The first-order chi connectivity index (χ1) is 17.0. The Hall–Kier alpha value is -3.67. The van der Waals surface area contributed by atoms with Gasteiger partial charge in [-0.3, -0.25) is 9.20 Å². The summed E-state index contributed by atoms with van der Waals surface area (Å²) in [4.78, 5) is 23.8. The van der Waals surface area contributed by atoms with Crippen molar-refractivity contribution in [3.05, 3.63) is 83.9 Å². The Labute approximate surface area is 207 Å². The van der Waals surface area contributed by atoms with Crippen LogP contribution in [0.15, 0.2) is 67.0 Å². The molecule has 0 fully saturated rings. The minimum atomic E-state index is 0.0888. The van der Waals surface area contributed by atoms with Crippen LogP contribution in [0.1, 0.15) is 69.3 Å². The number of hydrogen-bond donors (Lipinski definition) is 1. The van der Waals surface area contributed by atoms with E-state index in [0.717, 1.165) is 29.0 Å². The minimum absolute atomic E-state index is 0.0888. The molecule has 0 spiro atoms. The molecule has 4 aromatic rings. The van der Waals surface area contributed by atoms with Crippen molar-refractivity contribution in [2.45, 2.75) is 52.4 Å². The van der Waals surface area contributed by atoms with Gasteiger partial charge in [-0.05, 0) is 24.5 Å². The first kappa shape index (κ1) is 24.5. The fraction of sp³-hybridized carbons (Fsp3) is 0.345. The normalized spacial score (nSPS) is 13.0. The van der Waals surface area contributed by atoms with E-state index in [1.165, 1.54) is 11.1 Å². The molecule has 0 aliphatic carbocycles. The lowest BCUT2D eigenvalue weighted by Crippen LogP contribution is -2.34. The molecule has 2 heterocycles. The third-order valence-corrected chi connectivity index (χ3v) is 6.93. The van der Waals surface area contributed by atoms with Gasteiger partial charge in [0, 0.05) is 49.3 Å². The average Bonchev–Trinajstić information content (AvgIpc) is 3.30. The van der Waals surface area contributed by atoms with Gasteiger partial charge in [-0.15, -0.1) is 0 Å². The third-order valence-electron chi connectivity index (χ3n) is 6.93. The zero-order chi connectivity index (χ0) is 24.9. The van der Waals surface area contributed by atoms with Gasteiger partial charge < -0.3 is 10.6 Å². The van der Waals surface area contributed by atoms with Crippen molar-refractivity contribution in [2.24, 2.45) is 0 Å². The molecule has 6 heteroatoms. The molecule has 182 valence electrons. The number of benzene rings is 2. The molecule has 2 atom stereocenters. The molecule has 35 heavy (non-hydrogen) atoms. The maximum absolute atomic E-state index is 12.4. The zero-order valence-corrected chi connectivity index (χ0v) is 21.1. The Kier molecular flexibility index (Phi) is 7.49. The third kappa shape index (κ3) is 4.92. The second-order valence-electron chi connectivity index (χ2n) is 9.00. The highest BCUT2D eigenvalue weighted by atomic mass is 16.2. The van der Waals surface area contributed by atoms with Crippen molar-refractivity contribution in [1.29, 1.82) is 0 Å². The number of fused-ring (bicyclic) bond motifs is 1. The van der Waals surface area contributed by atoms with Crippen LogP contribution in [0.5, 0.6) is 0 Å². The van der Waals surface area contributed by atoms with E-state index < -0.39 is 0 Å². The lowest BCUT2D eigenvalue weighted by Gasteiger charge is -2.25. The van der Waals surface area contributed by atoms with E-state index in [2.05, 4.69) is 71.8 Å². The standard InChI is InChI=1S/C29H35N5O/c1-5-21(19-33(7-3)25(35)6-2)29-32-26(27-28(30)31-17-18-34(27)29)24-15-13-23(14-16-24)20(4)22-11-9-8-10-12-22/h8-18,20-21H,5-7,19H2,1-4H3,(H2,30,31)/t20-,21-/m1/s1. The molecule has 6 nitrogen and oxygen atoms in total. The van der Waals surface area contributed by atoms with Crippen molar-refractivity contribution >= 4 is 17.2 Å². The van der Waals surface area contributed by atoms with Crippen molar-refractivity contribution in [3.8, 4) is 11.3 Å². The predicted molar refractivity (Wildman–Crippen MR) is 142 cm³/mol. The number of likely N-dealkylation sites (N-methyl/N-ethyl adjacent to an activating group) is 1. The van der Waals surface area contributed by atoms with E-state index in [1.54, 1.807) is 6.20 Å². The number of imidazole rings is 1. The molecule has 0 aliphatic rings. The minimum Gasteiger partial charge on any atom is -0.382 e. The van der Waals surface area contributed by atoms with Gasteiger partial charge in [0.2, 0.25) is 5.91 Å². The van der Waals surface area contributed by atoms with Crippen LogP contribution in [0.2, 0.25) is 0 Å². The van der Waals surface area contributed by atoms with Gasteiger partial charge >= 0.3 is 0 Å². The number of aromatic nitrogens is 3. The van der Waals surface area contributed by atoms with Crippen molar-refractivity contribution in [1.82, 2.24) is 19.3 Å². The van der Waals surface area contributed by atoms with E-state index in [9.17, 15) is 4.79 Å². The summed E-state index contributed by atoms with van der Waals surface area (Å²) in [5.41, 5.74) is 11.5. The number of anilines is 1. The van der Waals surface area contributed by atoms with Crippen LogP contribution >= 0.6 is 0 Å². The van der Waals surface area contributed by atoms with E-state index in [-0.39, 0.29) is 11.8 Å². The van der Waals surface area contributed by atoms with Crippen LogP contribution in [0.4, 0.5) is 5.82 Å². The molecule has 0 saturated carbocycles. The lowest BCUT2D eigenvalue weighted by molar-refractivity contribution is -0.130. The summed E-state index contributed by atoms with van der Waals surface area (Å²) >= 11 is 0. The first-order valence-electron chi connectivity index (χ1n) is 12.5. The van der Waals surface area contributed by atoms with Gasteiger partial charge in [-0.25, -0.2) is 9.97 Å². The zero-order valence-electron chi connectivity index (χ0n) is 21.1. The van der Waals surface area contributed by atoms with Gasteiger partial charge in [0.15, 0.2) is 0 Å². The number of nitrogens with two attached hydrogens (primary N) is 1. The molecule has 0 saturated heterocycles. The molecule has 0 radical (unpaired) electrons. The molecule has 4 rings (SSSR count). The molecule has 2 aromatic carbocycles. The fourth-order valence-electron chi connectivity index (χ4n) is 4.73. The van der Waals surface area contributed by atoms with Crippen LogP contribution in [0.25, 0.3) is 16.8 Å². The highest BCUT2D eigenvalue weighted by Crippen LogP contribution is 2.33. The highest BCUT2D eigenvalue weighted by Gasteiger charge is 2.24. The second kappa shape index (κ2) is 10.7. The largest absolute Gasteiger partial charge is 0.382 e. The molecular weight excluding hydrogens is 434 g/mol.